The maximum atomic E-state index is 13.0. The lowest BCUT2D eigenvalue weighted by Gasteiger charge is -2.38. The third kappa shape index (κ3) is 3.63. The van der Waals surface area contributed by atoms with Crippen molar-refractivity contribution < 1.29 is 9.53 Å². The van der Waals surface area contributed by atoms with Crippen LogP contribution in [0.5, 0.6) is 5.75 Å². The number of anilines is 1. The van der Waals surface area contributed by atoms with Gasteiger partial charge in [-0.05, 0) is 31.0 Å². The van der Waals surface area contributed by atoms with Gasteiger partial charge in [-0.25, -0.2) is 0 Å². The van der Waals surface area contributed by atoms with Gasteiger partial charge >= 0.3 is 0 Å². The highest BCUT2D eigenvalue weighted by Crippen LogP contribution is 2.36. The average Bonchev–Trinajstić information content (AvgIpc) is 2.65. The third-order valence-corrected chi connectivity index (χ3v) is 4.46. The van der Waals surface area contributed by atoms with E-state index in [0.717, 1.165) is 41.8 Å². The van der Waals surface area contributed by atoms with Gasteiger partial charge in [0.05, 0.1) is 12.2 Å². The molecule has 2 aromatic rings. The van der Waals surface area contributed by atoms with Gasteiger partial charge in [-0.3, -0.25) is 4.79 Å². The first-order valence-electron chi connectivity index (χ1n) is 9.14. The van der Waals surface area contributed by atoms with Crippen molar-refractivity contribution in [2.75, 3.05) is 18.5 Å². The fraction of sp³-hybridized carbons (Fsp3) is 0.381. The standard InChI is InChI=1S/C21H26N2O2/c1-3-5-15-25-19-13-9-7-11-17(19)20-22-18-12-8-6-10-16(18)21(24)23(20)14-4-2/h6-13,20,22H,3-5,14-15H2,1-2H3. The molecule has 1 unspecified atom stereocenters. The fourth-order valence-electron chi connectivity index (χ4n) is 3.17. The molecule has 0 spiro atoms. The van der Waals surface area contributed by atoms with E-state index in [1.807, 2.05) is 53.4 Å². The van der Waals surface area contributed by atoms with Gasteiger partial charge in [0.25, 0.3) is 5.91 Å². The molecule has 0 bridgehead atoms. The average molecular weight is 338 g/mol. The van der Waals surface area contributed by atoms with Crippen LogP contribution in [0.3, 0.4) is 0 Å². The number of rotatable bonds is 7. The molecule has 25 heavy (non-hydrogen) atoms. The summed E-state index contributed by atoms with van der Waals surface area (Å²) in [6.45, 7) is 5.64. The molecule has 132 valence electrons. The van der Waals surface area contributed by atoms with Crippen molar-refractivity contribution in [2.24, 2.45) is 0 Å². The van der Waals surface area contributed by atoms with Crippen molar-refractivity contribution in [1.29, 1.82) is 0 Å². The number of hydrogen-bond acceptors (Lipinski definition) is 3. The number of amides is 1. The number of benzene rings is 2. The van der Waals surface area contributed by atoms with Gasteiger partial charge in [0.2, 0.25) is 0 Å². The third-order valence-electron chi connectivity index (χ3n) is 4.46. The number of ether oxygens (including phenoxy) is 1. The molecule has 1 heterocycles. The first-order chi connectivity index (χ1) is 12.3. The summed E-state index contributed by atoms with van der Waals surface area (Å²) >= 11 is 0. The van der Waals surface area contributed by atoms with E-state index in [2.05, 4.69) is 19.2 Å². The van der Waals surface area contributed by atoms with Gasteiger partial charge in [0.1, 0.15) is 11.9 Å². The van der Waals surface area contributed by atoms with E-state index in [1.165, 1.54) is 0 Å². The number of nitrogens with zero attached hydrogens (tertiary/aromatic N) is 1. The zero-order valence-corrected chi connectivity index (χ0v) is 15.0. The van der Waals surface area contributed by atoms with Gasteiger partial charge in [-0.2, -0.15) is 0 Å². The molecule has 0 radical (unpaired) electrons. The number of para-hydroxylation sites is 2. The molecule has 1 N–H and O–H groups in total. The molecule has 1 aliphatic heterocycles. The van der Waals surface area contributed by atoms with Crippen LogP contribution in [-0.4, -0.2) is 24.0 Å². The van der Waals surface area contributed by atoms with Gasteiger partial charge in [0, 0.05) is 17.8 Å². The smallest absolute Gasteiger partial charge is 0.257 e. The van der Waals surface area contributed by atoms with Crippen LogP contribution in [0.25, 0.3) is 0 Å². The molecule has 3 rings (SSSR count). The van der Waals surface area contributed by atoms with E-state index < -0.39 is 0 Å². The van der Waals surface area contributed by atoms with Gasteiger partial charge in [-0.1, -0.05) is 50.6 Å². The Balaban J connectivity index is 1.96. The molecule has 0 saturated carbocycles. The van der Waals surface area contributed by atoms with Crippen LogP contribution in [0.2, 0.25) is 0 Å². The second-order valence-corrected chi connectivity index (χ2v) is 6.33. The molecule has 2 aromatic carbocycles. The lowest BCUT2D eigenvalue weighted by Crippen LogP contribution is -2.43. The van der Waals surface area contributed by atoms with E-state index in [0.29, 0.717) is 13.2 Å². The molecule has 1 atom stereocenters. The van der Waals surface area contributed by atoms with Crippen LogP contribution in [0.15, 0.2) is 48.5 Å². The van der Waals surface area contributed by atoms with E-state index >= 15 is 0 Å². The van der Waals surface area contributed by atoms with Gasteiger partial charge < -0.3 is 15.0 Å². The number of hydrogen-bond donors (Lipinski definition) is 1. The van der Waals surface area contributed by atoms with Crippen LogP contribution < -0.4 is 10.1 Å². The minimum Gasteiger partial charge on any atom is -0.493 e. The summed E-state index contributed by atoms with van der Waals surface area (Å²) < 4.78 is 6.00. The van der Waals surface area contributed by atoms with Crippen LogP contribution in [-0.2, 0) is 0 Å². The van der Waals surface area contributed by atoms with Crippen LogP contribution in [0.4, 0.5) is 5.69 Å². The molecular weight excluding hydrogens is 312 g/mol. The second-order valence-electron chi connectivity index (χ2n) is 6.33. The monoisotopic (exact) mass is 338 g/mol. The SMILES string of the molecule is CCCCOc1ccccc1C1Nc2ccccc2C(=O)N1CCC. The van der Waals surface area contributed by atoms with Crippen molar-refractivity contribution in [2.45, 2.75) is 39.3 Å². The number of carbonyl (C=O) groups excluding carboxylic acids is 1. The minimum absolute atomic E-state index is 0.0737. The first kappa shape index (κ1) is 17.3. The van der Waals surface area contributed by atoms with Crippen molar-refractivity contribution in [1.82, 2.24) is 4.90 Å². The molecule has 0 saturated heterocycles. The summed E-state index contributed by atoms with van der Waals surface area (Å²) in [6, 6.07) is 15.7. The second kappa shape index (κ2) is 8.06. The quantitative estimate of drug-likeness (QED) is 0.734. The summed E-state index contributed by atoms with van der Waals surface area (Å²) in [5, 5.41) is 3.53. The molecular formula is C21H26N2O2. The Morgan fingerprint density at radius 3 is 2.60 bits per heavy atom. The number of fused-ring (bicyclic) bond motifs is 1. The van der Waals surface area contributed by atoms with E-state index in [9.17, 15) is 4.79 Å². The summed E-state index contributed by atoms with van der Waals surface area (Å²) in [5.74, 6) is 0.922. The zero-order valence-electron chi connectivity index (χ0n) is 15.0. The summed E-state index contributed by atoms with van der Waals surface area (Å²) in [6.07, 6.45) is 2.82. The van der Waals surface area contributed by atoms with E-state index in [1.54, 1.807) is 0 Å². The minimum atomic E-state index is -0.208. The Hall–Kier alpha value is -2.49. The van der Waals surface area contributed by atoms with Gasteiger partial charge in [0.15, 0.2) is 0 Å². The highest BCUT2D eigenvalue weighted by Gasteiger charge is 2.33. The molecule has 4 heteroatoms. The lowest BCUT2D eigenvalue weighted by atomic mass is 10.0. The number of carbonyl (C=O) groups is 1. The van der Waals surface area contributed by atoms with Crippen LogP contribution in [0, 0.1) is 0 Å². The molecule has 1 amide bonds. The first-order valence-corrected chi connectivity index (χ1v) is 9.14. The van der Waals surface area contributed by atoms with Gasteiger partial charge in [-0.15, -0.1) is 0 Å². The topological polar surface area (TPSA) is 41.6 Å². The van der Waals surface area contributed by atoms with Crippen LogP contribution >= 0.6 is 0 Å². The summed E-state index contributed by atoms with van der Waals surface area (Å²) in [5.41, 5.74) is 2.62. The highest BCUT2D eigenvalue weighted by atomic mass is 16.5. The predicted molar refractivity (Wildman–Crippen MR) is 101 cm³/mol. The summed E-state index contributed by atoms with van der Waals surface area (Å²) in [7, 11) is 0. The molecule has 0 aliphatic carbocycles. The fourth-order valence-corrected chi connectivity index (χ4v) is 3.17. The Labute approximate surface area is 149 Å². The van der Waals surface area contributed by atoms with Crippen molar-refractivity contribution >= 4 is 11.6 Å². The van der Waals surface area contributed by atoms with Crippen molar-refractivity contribution in [3.05, 3.63) is 59.7 Å². The normalized spacial score (nSPS) is 16.3. The largest absolute Gasteiger partial charge is 0.493 e. The van der Waals surface area contributed by atoms with Crippen LogP contribution in [0.1, 0.15) is 55.2 Å². The molecule has 4 nitrogen and oxygen atoms in total. The Morgan fingerprint density at radius 2 is 1.80 bits per heavy atom. The number of unbranched alkanes of at least 4 members (excludes halogenated alkanes) is 1. The molecule has 0 aromatic heterocycles. The van der Waals surface area contributed by atoms with Crippen molar-refractivity contribution in [3.8, 4) is 5.75 Å². The maximum Gasteiger partial charge on any atom is 0.257 e. The lowest BCUT2D eigenvalue weighted by molar-refractivity contribution is 0.0680. The highest BCUT2D eigenvalue weighted by molar-refractivity contribution is 6.01. The molecule has 1 aliphatic rings. The number of nitrogens with one attached hydrogen (secondary N) is 1. The van der Waals surface area contributed by atoms with E-state index in [4.69, 9.17) is 4.74 Å². The maximum absolute atomic E-state index is 13.0. The Bertz CT molecular complexity index is 729. The molecule has 0 fully saturated rings. The summed E-state index contributed by atoms with van der Waals surface area (Å²) in [4.78, 5) is 14.9. The zero-order chi connectivity index (χ0) is 17.6. The van der Waals surface area contributed by atoms with E-state index in [-0.39, 0.29) is 12.1 Å². The Morgan fingerprint density at radius 1 is 1.04 bits per heavy atom. The predicted octanol–water partition coefficient (Wildman–Crippen LogP) is 4.84. The van der Waals surface area contributed by atoms with Crippen molar-refractivity contribution in [3.63, 3.8) is 0 Å². The Kier molecular flexibility index (Phi) is 5.59.